The van der Waals surface area contributed by atoms with Crippen LogP contribution in [0.1, 0.15) is 83.1 Å². The molecule has 1 nitrogen and oxygen atoms in total. The van der Waals surface area contributed by atoms with Gasteiger partial charge in [0.15, 0.2) is 6.67 Å². The predicted octanol–water partition coefficient (Wildman–Crippen LogP) is 9.78. The van der Waals surface area contributed by atoms with Gasteiger partial charge in [0.25, 0.3) is 0 Å². The molecule has 0 radical (unpaired) electrons. The summed E-state index contributed by atoms with van der Waals surface area (Å²) in [4.78, 5) is 0. The number of hydrogen-bond donors (Lipinski definition) is 0. The van der Waals surface area contributed by atoms with Crippen molar-refractivity contribution in [3.63, 3.8) is 0 Å². The van der Waals surface area contributed by atoms with Crippen molar-refractivity contribution in [3.05, 3.63) is 59.7 Å². The number of halogens is 7. The Bertz CT molecular complexity index is 904. The second-order valence-electron chi connectivity index (χ2n) is 10.4. The molecule has 2 aliphatic carbocycles. The number of hydrogen-bond acceptors (Lipinski definition) is 1. The van der Waals surface area contributed by atoms with Crippen LogP contribution < -0.4 is 0 Å². The summed E-state index contributed by atoms with van der Waals surface area (Å²) in [5, 5.41) is 0. The fourth-order valence-electron chi connectivity index (χ4n) is 5.42. The van der Waals surface area contributed by atoms with Crippen molar-refractivity contribution >= 4 is 0 Å². The number of alkyl halides is 7. The summed E-state index contributed by atoms with van der Waals surface area (Å²) in [5.74, 6) is -10.7. The molecule has 2 aliphatic rings. The van der Waals surface area contributed by atoms with Crippen molar-refractivity contribution in [1.29, 1.82) is 0 Å². The van der Waals surface area contributed by atoms with Gasteiger partial charge in [-0.15, -0.1) is 0 Å². The van der Waals surface area contributed by atoms with E-state index in [0.29, 0.717) is 5.92 Å². The van der Waals surface area contributed by atoms with Crippen LogP contribution in [0.4, 0.5) is 30.7 Å². The average molecular weight is 535 g/mol. The first-order valence-corrected chi connectivity index (χ1v) is 13.3. The number of ether oxygens (including phenoxy) is 1. The Kier molecular flexibility index (Phi) is 9.92. The Labute approximate surface area is 215 Å². The van der Waals surface area contributed by atoms with Crippen LogP contribution in [0, 0.1) is 11.8 Å². The molecule has 0 aromatic heterocycles. The van der Waals surface area contributed by atoms with Crippen LogP contribution in [-0.4, -0.2) is 24.6 Å². The van der Waals surface area contributed by atoms with E-state index in [-0.39, 0.29) is 17.9 Å². The van der Waals surface area contributed by atoms with Gasteiger partial charge in [0.1, 0.15) is 5.60 Å². The van der Waals surface area contributed by atoms with Crippen LogP contribution >= 0.6 is 0 Å². The lowest BCUT2D eigenvalue weighted by molar-refractivity contribution is -0.419. The lowest BCUT2D eigenvalue weighted by Gasteiger charge is -2.40. The van der Waals surface area contributed by atoms with E-state index in [9.17, 15) is 30.7 Å². The highest BCUT2D eigenvalue weighted by molar-refractivity contribution is 5.37. The fourth-order valence-corrected chi connectivity index (χ4v) is 5.42. The molecular formula is C29H37F7O. The molecule has 1 aromatic carbocycles. The third kappa shape index (κ3) is 6.79. The Hall–Kier alpha value is -1.83. The van der Waals surface area contributed by atoms with Gasteiger partial charge in [-0.3, -0.25) is 4.74 Å². The summed E-state index contributed by atoms with van der Waals surface area (Å²) in [6.07, 6.45) is 10.2. The average Bonchev–Trinajstić information content (AvgIpc) is 2.89. The second-order valence-corrected chi connectivity index (χ2v) is 10.4. The van der Waals surface area contributed by atoms with Crippen LogP contribution in [-0.2, 0) is 10.3 Å². The Morgan fingerprint density at radius 2 is 1.54 bits per heavy atom. The molecule has 0 heterocycles. The minimum absolute atomic E-state index is 0.118. The molecule has 3 rings (SSSR count). The van der Waals surface area contributed by atoms with E-state index in [2.05, 4.69) is 11.7 Å². The number of rotatable bonds is 13. The van der Waals surface area contributed by atoms with Gasteiger partial charge in [-0.25, -0.2) is 4.39 Å². The number of unbranched alkanes of at least 4 members (excludes halogenated alkanes) is 4. The quantitative estimate of drug-likeness (QED) is 0.181. The maximum absolute atomic E-state index is 14.6. The van der Waals surface area contributed by atoms with Gasteiger partial charge >= 0.3 is 18.0 Å². The molecule has 208 valence electrons. The van der Waals surface area contributed by atoms with Crippen LogP contribution in [0.5, 0.6) is 0 Å². The first-order chi connectivity index (χ1) is 17.5. The summed E-state index contributed by atoms with van der Waals surface area (Å²) in [6.45, 7) is -0.740. The molecule has 0 N–H and O–H groups in total. The monoisotopic (exact) mass is 534 g/mol. The lowest BCUT2D eigenvalue weighted by Crippen LogP contribution is -2.58. The minimum Gasteiger partial charge on any atom is -0.299 e. The first kappa shape index (κ1) is 29.7. The molecule has 0 saturated heterocycles. The second kappa shape index (κ2) is 12.4. The van der Waals surface area contributed by atoms with Crippen molar-refractivity contribution in [2.24, 2.45) is 11.8 Å². The SMILES string of the molecule is CCCCCCC[C@H]1CC[C@H](C2=CCC(OC(F)(F)C(F)(F)C(F)(F)CF)(c3ccccc3)C=C2)CC1. The standard InChI is InChI=1S/C29H37F7O/c1-2-3-4-5-7-10-22-13-15-23(16-14-22)24-17-19-26(20-18-24,25-11-8-6-9-12-25)37-29(35,36)28(33,34)27(31,32)21-30/h6,8-9,11-12,17-19,22-23H,2-5,7,10,13-16,20-21H2,1H3/t22-,23-,26?. The Balaban J connectivity index is 1.70. The van der Waals surface area contributed by atoms with E-state index in [0.717, 1.165) is 31.3 Å². The van der Waals surface area contributed by atoms with Gasteiger partial charge in [0.05, 0.1) is 0 Å². The largest absolute Gasteiger partial charge is 0.427 e. The maximum atomic E-state index is 14.6. The number of benzene rings is 1. The van der Waals surface area contributed by atoms with Gasteiger partial charge < -0.3 is 0 Å². The van der Waals surface area contributed by atoms with Gasteiger partial charge in [-0.05, 0) is 54.7 Å². The van der Waals surface area contributed by atoms with Crippen molar-refractivity contribution in [3.8, 4) is 0 Å². The molecule has 1 saturated carbocycles. The van der Waals surface area contributed by atoms with E-state index < -0.39 is 30.2 Å². The molecule has 1 aromatic rings. The topological polar surface area (TPSA) is 9.23 Å². The molecule has 37 heavy (non-hydrogen) atoms. The molecule has 0 bridgehead atoms. The minimum atomic E-state index is -6.04. The smallest absolute Gasteiger partial charge is 0.299 e. The van der Waals surface area contributed by atoms with Gasteiger partial charge in [-0.1, -0.05) is 87.9 Å². The van der Waals surface area contributed by atoms with Gasteiger partial charge in [-0.2, -0.15) is 26.3 Å². The molecule has 1 fully saturated rings. The zero-order valence-corrected chi connectivity index (χ0v) is 21.3. The summed E-state index contributed by atoms with van der Waals surface area (Å²) in [5.41, 5.74) is -1.06. The molecule has 1 atom stereocenters. The van der Waals surface area contributed by atoms with Crippen molar-refractivity contribution in [2.45, 2.75) is 101 Å². The first-order valence-electron chi connectivity index (χ1n) is 13.3. The third-order valence-corrected chi connectivity index (χ3v) is 7.79. The summed E-state index contributed by atoms with van der Waals surface area (Å²) >= 11 is 0. The molecule has 0 amide bonds. The summed E-state index contributed by atoms with van der Waals surface area (Å²) in [6, 6.07) is 7.47. The summed E-state index contributed by atoms with van der Waals surface area (Å²) in [7, 11) is 0. The van der Waals surface area contributed by atoms with Gasteiger partial charge in [0, 0.05) is 6.42 Å². The molecule has 0 aliphatic heterocycles. The summed E-state index contributed by atoms with van der Waals surface area (Å²) < 4.78 is 101. The third-order valence-electron chi connectivity index (χ3n) is 7.79. The van der Waals surface area contributed by atoms with Gasteiger partial charge in [0.2, 0.25) is 0 Å². The number of allylic oxidation sites excluding steroid dienone is 2. The fraction of sp³-hybridized carbons (Fsp3) is 0.655. The van der Waals surface area contributed by atoms with Crippen LogP contribution in [0.25, 0.3) is 0 Å². The highest BCUT2D eigenvalue weighted by atomic mass is 19.4. The van der Waals surface area contributed by atoms with Crippen molar-refractivity contribution in [2.75, 3.05) is 6.67 Å². The highest BCUT2D eigenvalue weighted by Gasteiger charge is 2.74. The van der Waals surface area contributed by atoms with E-state index >= 15 is 0 Å². The zero-order chi connectivity index (χ0) is 27.2. The van der Waals surface area contributed by atoms with E-state index in [1.165, 1.54) is 68.9 Å². The normalized spacial score (nSPS) is 25.2. The van der Waals surface area contributed by atoms with E-state index in [4.69, 9.17) is 0 Å². The van der Waals surface area contributed by atoms with Crippen molar-refractivity contribution < 1.29 is 35.5 Å². The van der Waals surface area contributed by atoms with E-state index in [1.807, 2.05) is 0 Å². The predicted molar refractivity (Wildman–Crippen MR) is 131 cm³/mol. The Morgan fingerprint density at radius 3 is 2.11 bits per heavy atom. The van der Waals surface area contributed by atoms with Crippen LogP contribution in [0.15, 0.2) is 54.1 Å². The zero-order valence-electron chi connectivity index (χ0n) is 21.3. The van der Waals surface area contributed by atoms with Crippen LogP contribution in [0.2, 0.25) is 0 Å². The molecule has 8 heteroatoms. The molecule has 1 unspecified atom stereocenters. The van der Waals surface area contributed by atoms with Crippen molar-refractivity contribution in [1.82, 2.24) is 0 Å². The van der Waals surface area contributed by atoms with Crippen LogP contribution in [0.3, 0.4) is 0 Å². The van der Waals surface area contributed by atoms with E-state index in [1.54, 1.807) is 18.2 Å². The lowest BCUT2D eigenvalue weighted by atomic mass is 9.74. The highest BCUT2D eigenvalue weighted by Crippen LogP contribution is 2.51. The maximum Gasteiger partial charge on any atom is 0.427 e. The molecular weight excluding hydrogens is 497 g/mol. The molecule has 0 spiro atoms. The Morgan fingerprint density at radius 1 is 0.892 bits per heavy atom.